The maximum Gasteiger partial charge on any atom is 0.292 e. The van der Waals surface area contributed by atoms with E-state index in [0.717, 1.165) is 5.56 Å². The number of anilines is 1. The Balaban J connectivity index is 1.95. The van der Waals surface area contributed by atoms with Crippen molar-refractivity contribution >= 4 is 17.3 Å². The third-order valence-electron chi connectivity index (χ3n) is 4.01. The summed E-state index contributed by atoms with van der Waals surface area (Å²) in [5, 5.41) is 13.9. The van der Waals surface area contributed by atoms with Crippen molar-refractivity contribution in [1.29, 1.82) is 0 Å². The van der Waals surface area contributed by atoms with E-state index in [2.05, 4.69) is 10.3 Å². The van der Waals surface area contributed by atoms with Crippen LogP contribution < -0.4 is 11.1 Å². The zero-order valence-corrected chi connectivity index (χ0v) is 14.0. The molecule has 3 aromatic rings. The Bertz CT molecular complexity index is 952. The fraction of sp³-hybridized carbons (Fsp3) is 0.111. The highest BCUT2D eigenvalue weighted by atomic mass is 16.6. The van der Waals surface area contributed by atoms with Crippen LogP contribution in [0, 0.1) is 10.1 Å². The molecule has 1 heterocycles. The molecule has 1 aromatic heterocycles. The molecule has 0 saturated heterocycles. The lowest BCUT2D eigenvalue weighted by atomic mass is 10.1. The van der Waals surface area contributed by atoms with Gasteiger partial charge >= 0.3 is 0 Å². The van der Waals surface area contributed by atoms with Crippen LogP contribution in [0.1, 0.15) is 27.8 Å². The second-order valence-electron chi connectivity index (χ2n) is 5.74. The van der Waals surface area contributed by atoms with Gasteiger partial charge in [-0.15, -0.1) is 0 Å². The van der Waals surface area contributed by atoms with Crippen molar-refractivity contribution in [2.24, 2.45) is 7.05 Å². The smallest absolute Gasteiger partial charge is 0.292 e. The minimum Gasteiger partial charge on any atom is -0.393 e. The number of aromatic nitrogens is 2. The molecule has 0 saturated carbocycles. The van der Waals surface area contributed by atoms with Crippen molar-refractivity contribution in [2.75, 3.05) is 5.73 Å². The number of nitro benzene ring substituents is 1. The van der Waals surface area contributed by atoms with Crippen LogP contribution in [0.4, 0.5) is 11.4 Å². The van der Waals surface area contributed by atoms with E-state index in [4.69, 9.17) is 5.73 Å². The summed E-state index contributed by atoms with van der Waals surface area (Å²) in [6.07, 6.45) is 3.43. The Morgan fingerprint density at radius 3 is 2.62 bits per heavy atom. The van der Waals surface area contributed by atoms with Gasteiger partial charge in [0.05, 0.1) is 4.92 Å². The molecule has 1 unspecified atom stereocenters. The number of imidazole rings is 1. The van der Waals surface area contributed by atoms with E-state index in [1.807, 2.05) is 41.9 Å². The molecular formula is C18H17N5O3. The van der Waals surface area contributed by atoms with Gasteiger partial charge in [0.2, 0.25) is 0 Å². The van der Waals surface area contributed by atoms with Crippen LogP contribution >= 0.6 is 0 Å². The second kappa shape index (κ2) is 7.06. The number of nitrogen functional groups attached to an aromatic ring is 1. The fourth-order valence-electron chi connectivity index (χ4n) is 2.66. The van der Waals surface area contributed by atoms with Crippen LogP contribution in [0.3, 0.4) is 0 Å². The molecule has 0 aliphatic heterocycles. The number of aryl methyl sites for hydroxylation is 1. The first-order valence-corrected chi connectivity index (χ1v) is 7.84. The maximum absolute atomic E-state index is 12.7. The summed E-state index contributed by atoms with van der Waals surface area (Å²) in [6.45, 7) is 0. The molecule has 1 atom stereocenters. The fourth-order valence-corrected chi connectivity index (χ4v) is 2.66. The molecule has 0 radical (unpaired) electrons. The SMILES string of the molecule is Cn1ccnc1C(NC(=O)c1ccc(N)c([N+](=O)[O-])c1)c1ccccc1. The maximum atomic E-state index is 12.7. The number of carbonyl (C=O) groups excluding carboxylic acids is 1. The number of nitrogens with one attached hydrogen (secondary N) is 1. The van der Waals surface area contributed by atoms with Gasteiger partial charge in [-0.25, -0.2) is 4.98 Å². The van der Waals surface area contributed by atoms with E-state index in [0.29, 0.717) is 5.82 Å². The lowest BCUT2D eigenvalue weighted by Crippen LogP contribution is -2.31. The number of amides is 1. The van der Waals surface area contributed by atoms with Crippen molar-refractivity contribution in [2.45, 2.75) is 6.04 Å². The summed E-state index contributed by atoms with van der Waals surface area (Å²) in [4.78, 5) is 27.5. The highest BCUT2D eigenvalue weighted by molar-refractivity contribution is 5.96. The molecule has 0 spiro atoms. The van der Waals surface area contributed by atoms with Crippen LogP contribution in [0.2, 0.25) is 0 Å². The topological polar surface area (TPSA) is 116 Å². The molecule has 132 valence electrons. The Labute approximate surface area is 149 Å². The van der Waals surface area contributed by atoms with Crippen molar-refractivity contribution in [3.05, 3.63) is 88.0 Å². The van der Waals surface area contributed by atoms with E-state index in [9.17, 15) is 14.9 Å². The van der Waals surface area contributed by atoms with E-state index in [1.165, 1.54) is 18.2 Å². The van der Waals surface area contributed by atoms with Gasteiger partial charge in [0.1, 0.15) is 17.6 Å². The second-order valence-corrected chi connectivity index (χ2v) is 5.74. The molecule has 2 aromatic carbocycles. The molecule has 0 aliphatic rings. The Kier molecular flexibility index (Phi) is 4.66. The first-order valence-electron chi connectivity index (χ1n) is 7.84. The van der Waals surface area contributed by atoms with Gasteiger partial charge < -0.3 is 15.6 Å². The predicted octanol–water partition coefficient (Wildman–Crippen LogP) is 2.43. The Morgan fingerprint density at radius 2 is 2.00 bits per heavy atom. The number of rotatable bonds is 5. The monoisotopic (exact) mass is 351 g/mol. The van der Waals surface area contributed by atoms with Gasteiger partial charge in [0.25, 0.3) is 11.6 Å². The zero-order valence-electron chi connectivity index (χ0n) is 14.0. The number of benzene rings is 2. The standard InChI is InChI=1S/C18H17N5O3/c1-22-10-9-20-17(22)16(12-5-3-2-4-6-12)21-18(24)13-7-8-14(19)15(11-13)23(25)26/h2-11,16H,19H2,1H3,(H,21,24). The number of hydrogen-bond donors (Lipinski definition) is 2. The average Bonchev–Trinajstić information content (AvgIpc) is 3.06. The summed E-state index contributed by atoms with van der Waals surface area (Å²) < 4.78 is 1.81. The summed E-state index contributed by atoms with van der Waals surface area (Å²) in [6, 6.07) is 12.9. The van der Waals surface area contributed by atoms with Crippen LogP contribution in [-0.4, -0.2) is 20.4 Å². The minimum absolute atomic E-state index is 0.00950. The van der Waals surface area contributed by atoms with Crippen LogP contribution in [0.5, 0.6) is 0 Å². The highest BCUT2D eigenvalue weighted by Gasteiger charge is 2.23. The van der Waals surface area contributed by atoms with Gasteiger partial charge in [0, 0.05) is 31.1 Å². The van der Waals surface area contributed by atoms with E-state index >= 15 is 0 Å². The molecule has 0 bridgehead atoms. The molecule has 8 heteroatoms. The highest BCUT2D eigenvalue weighted by Crippen LogP contribution is 2.24. The van der Waals surface area contributed by atoms with E-state index < -0.39 is 16.9 Å². The first-order chi connectivity index (χ1) is 12.5. The number of nitrogens with two attached hydrogens (primary N) is 1. The van der Waals surface area contributed by atoms with Crippen molar-refractivity contribution in [1.82, 2.24) is 14.9 Å². The third-order valence-corrected chi connectivity index (χ3v) is 4.01. The number of carbonyl (C=O) groups is 1. The van der Waals surface area contributed by atoms with Crippen molar-refractivity contribution < 1.29 is 9.72 Å². The molecule has 26 heavy (non-hydrogen) atoms. The number of hydrogen-bond acceptors (Lipinski definition) is 5. The molecule has 0 aliphatic carbocycles. The summed E-state index contributed by atoms with van der Waals surface area (Å²) in [7, 11) is 1.83. The van der Waals surface area contributed by atoms with Crippen molar-refractivity contribution in [3.8, 4) is 0 Å². The Hall–Kier alpha value is -3.68. The van der Waals surface area contributed by atoms with Gasteiger partial charge in [-0.2, -0.15) is 0 Å². The molecule has 3 N–H and O–H groups in total. The lowest BCUT2D eigenvalue weighted by Gasteiger charge is -2.19. The molecule has 1 amide bonds. The first kappa shape index (κ1) is 17.2. The Morgan fingerprint density at radius 1 is 1.27 bits per heavy atom. The summed E-state index contributed by atoms with van der Waals surface area (Å²) in [5.41, 5.74) is 6.30. The third kappa shape index (κ3) is 3.39. The quantitative estimate of drug-likeness (QED) is 0.416. The largest absolute Gasteiger partial charge is 0.393 e. The number of nitrogens with zero attached hydrogens (tertiary/aromatic N) is 3. The molecular weight excluding hydrogens is 334 g/mol. The predicted molar refractivity (Wildman–Crippen MR) is 96.5 cm³/mol. The van der Waals surface area contributed by atoms with E-state index in [1.54, 1.807) is 12.4 Å². The van der Waals surface area contributed by atoms with Crippen LogP contribution in [-0.2, 0) is 7.05 Å². The van der Waals surface area contributed by atoms with Crippen LogP contribution in [0.15, 0.2) is 60.9 Å². The average molecular weight is 351 g/mol. The normalized spacial score (nSPS) is 11.7. The summed E-state index contributed by atoms with van der Waals surface area (Å²) in [5.74, 6) is 0.194. The van der Waals surface area contributed by atoms with Gasteiger partial charge in [-0.1, -0.05) is 30.3 Å². The van der Waals surface area contributed by atoms with Crippen LogP contribution in [0.25, 0.3) is 0 Å². The minimum atomic E-state index is -0.612. The number of nitro groups is 1. The van der Waals surface area contributed by atoms with Crippen molar-refractivity contribution in [3.63, 3.8) is 0 Å². The lowest BCUT2D eigenvalue weighted by molar-refractivity contribution is -0.383. The molecule has 8 nitrogen and oxygen atoms in total. The molecule has 0 fully saturated rings. The summed E-state index contributed by atoms with van der Waals surface area (Å²) >= 11 is 0. The van der Waals surface area contributed by atoms with E-state index in [-0.39, 0.29) is 16.9 Å². The zero-order chi connectivity index (χ0) is 18.7. The molecule has 3 rings (SSSR count). The van der Waals surface area contributed by atoms with Gasteiger partial charge in [-0.3, -0.25) is 14.9 Å². The van der Waals surface area contributed by atoms with Gasteiger partial charge in [-0.05, 0) is 17.7 Å². The van der Waals surface area contributed by atoms with Gasteiger partial charge in [0.15, 0.2) is 0 Å².